The first-order valence-corrected chi connectivity index (χ1v) is 8.91. The Morgan fingerprint density at radius 1 is 1.32 bits per heavy atom. The molecule has 1 aromatic heterocycles. The van der Waals surface area contributed by atoms with Gasteiger partial charge in [-0.05, 0) is 56.6 Å². The molecule has 0 bridgehead atoms. The quantitative estimate of drug-likeness (QED) is 0.877. The number of likely N-dealkylation sites (tertiary alicyclic amines) is 1. The molecule has 1 unspecified atom stereocenters. The zero-order valence-corrected chi connectivity index (χ0v) is 14.9. The highest BCUT2D eigenvalue weighted by Crippen LogP contribution is 2.21. The number of hydrogen-bond donors (Lipinski definition) is 1. The number of nitrogens with one attached hydrogen (secondary N) is 1. The fraction of sp³-hybridized carbons (Fsp3) is 0.474. The lowest BCUT2D eigenvalue weighted by molar-refractivity contribution is -0.119. The number of aromatic nitrogens is 2. The fourth-order valence-corrected chi connectivity index (χ4v) is 3.10. The molecule has 1 amide bonds. The average molecular weight is 342 g/mol. The van der Waals surface area contributed by atoms with Gasteiger partial charge in [0.25, 0.3) is 0 Å². The molecule has 0 spiro atoms. The predicted octanol–water partition coefficient (Wildman–Crippen LogP) is 2.95. The SMILES string of the molecule is CCC(C(=O)Nc1ccc(OC2CCN(C)CC2)cc1)n1cccn1. The number of nitrogens with zero attached hydrogens (tertiary/aromatic N) is 3. The number of amides is 1. The second-order valence-electron chi connectivity index (χ2n) is 6.54. The van der Waals surface area contributed by atoms with Crippen molar-refractivity contribution in [3.05, 3.63) is 42.7 Å². The van der Waals surface area contributed by atoms with Crippen molar-refractivity contribution in [3.8, 4) is 5.75 Å². The maximum atomic E-state index is 12.5. The Labute approximate surface area is 148 Å². The molecule has 0 saturated carbocycles. The summed E-state index contributed by atoms with van der Waals surface area (Å²) in [5, 5.41) is 7.12. The summed E-state index contributed by atoms with van der Waals surface area (Å²) in [5.41, 5.74) is 0.770. The van der Waals surface area contributed by atoms with Crippen molar-refractivity contribution < 1.29 is 9.53 Å². The average Bonchev–Trinajstić information content (AvgIpc) is 3.13. The molecule has 0 aliphatic carbocycles. The van der Waals surface area contributed by atoms with Crippen molar-refractivity contribution in [2.45, 2.75) is 38.3 Å². The minimum absolute atomic E-state index is 0.0600. The Morgan fingerprint density at radius 2 is 2.04 bits per heavy atom. The van der Waals surface area contributed by atoms with Gasteiger partial charge in [-0.25, -0.2) is 0 Å². The van der Waals surface area contributed by atoms with Crippen LogP contribution in [0.15, 0.2) is 42.7 Å². The van der Waals surface area contributed by atoms with E-state index >= 15 is 0 Å². The second kappa shape index (κ2) is 8.16. The van der Waals surface area contributed by atoms with Crippen LogP contribution < -0.4 is 10.1 Å². The van der Waals surface area contributed by atoms with E-state index in [0.29, 0.717) is 6.42 Å². The Kier molecular flexibility index (Phi) is 5.71. The summed E-state index contributed by atoms with van der Waals surface area (Å²) in [4.78, 5) is 14.8. The molecular weight excluding hydrogens is 316 g/mol. The van der Waals surface area contributed by atoms with Crippen LogP contribution in [0.1, 0.15) is 32.2 Å². The van der Waals surface area contributed by atoms with Gasteiger partial charge in [-0.15, -0.1) is 0 Å². The second-order valence-corrected chi connectivity index (χ2v) is 6.54. The van der Waals surface area contributed by atoms with Crippen molar-refractivity contribution in [1.29, 1.82) is 0 Å². The van der Waals surface area contributed by atoms with E-state index in [0.717, 1.165) is 37.4 Å². The number of ether oxygens (including phenoxy) is 1. The van der Waals surface area contributed by atoms with Gasteiger partial charge in [0.05, 0.1) is 0 Å². The Morgan fingerprint density at radius 3 is 2.64 bits per heavy atom. The molecule has 1 aliphatic rings. The third-order valence-electron chi connectivity index (χ3n) is 4.62. The standard InChI is InChI=1S/C19H26N4O2/c1-3-18(23-12-4-11-20-23)19(24)21-15-5-7-16(8-6-15)25-17-9-13-22(2)14-10-17/h4-8,11-12,17-18H,3,9-10,13-14H2,1-2H3,(H,21,24). The lowest BCUT2D eigenvalue weighted by Crippen LogP contribution is -2.35. The third-order valence-corrected chi connectivity index (χ3v) is 4.62. The van der Waals surface area contributed by atoms with Crippen LogP contribution >= 0.6 is 0 Å². The van der Waals surface area contributed by atoms with Gasteiger partial charge in [0.15, 0.2) is 0 Å². The third kappa shape index (κ3) is 4.60. The molecule has 0 radical (unpaired) electrons. The molecule has 25 heavy (non-hydrogen) atoms. The highest BCUT2D eigenvalue weighted by molar-refractivity contribution is 5.93. The van der Waals surface area contributed by atoms with Crippen LogP contribution in [0.3, 0.4) is 0 Å². The Hall–Kier alpha value is -2.34. The van der Waals surface area contributed by atoms with Crippen LogP contribution in [0.2, 0.25) is 0 Å². The summed E-state index contributed by atoms with van der Waals surface area (Å²) in [6.07, 6.45) is 6.57. The summed E-state index contributed by atoms with van der Waals surface area (Å²) < 4.78 is 7.73. The van der Waals surface area contributed by atoms with E-state index < -0.39 is 0 Å². The molecule has 6 nitrogen and oxygen atoms in total. The largest absolute Gasteiger partial charge is 0.490 e. The highest BCUT2D eigenvalue weighted by Gasteiger charge is 2.19. The van der Waals surface area contributed by atoms with E-state index in [4.69, 9.17) is 4.74 Å². The number of benzene rings is 1. The van der Waals surface area contributed by atoms with E-state index in [1.54, 1.807) is 10.9 Å². The normalized spacial score (nSPS) is 17.2. The van der Waals surface area contributed by atoms with E-state index in [2.05, 4.69) is 22.4 Å². The minimum Gasteiger partial charge on any atom is -0.490 e. The fourth-order valence-electron chi connectivity index (χ4n) is 3.10. The molecule has 6 heteroatoms. The Balaban J connectivity index is 1.56. The van der Waals surface area contributed by atoms with Crippen LogP contribution in [0.4, 0.5) is 5.69 Å². The first kappa shape index (κ1) is 17.5. The number of anilines is 1. The van der Waals surface area contributed by atoms with Gasteiger partial charge >= 0.3 is 0 Å². The lowest BCUT2D eigenvalue weighted by Gasteiger charge is -2.29. The van der Waals surface area contributed by atoms with Crippen LogP contribution in [-0.4, -0.2) is 46.8 Å². The monoisotopic (exact) mass is 342 g/mol. The van der Waals surface area contributed by atoms with E-state index in [9.17, 15) is 4.79 Å². The molecule has 1 N–H and O–H groups in total. The van der Waals surface area contributed by atoms with Crippen molar-refractivity contribution in [2.24, 2.45) is 0 Å². The Bertz CT molecular complexity index is 661. The molecular formula is C19H26N4O2. The molecule has 1 fully saturated rings. The van der Waals surface area contributed by atoms with Gasteiger partial charge < -0.3 is 15.0 Å². The number of hydrogen-bond acceptors (Lipinski definition) is 4. The molecule has 3 rings (SSSR count). The molecule has 2 aromatic rings. The molecule has 1 aromatic carbocycles. The van der Waals surface area contributed by atoms with Crippen LogP contribution in [0.25, 0.3) is 0 Å². The molecule has 134 valence electrons. The highest BCUT2D eigenvalue weighted by atomic mass is 16.5. The van der Waals surface area contributed by atoms with Gasteiger partial charge in [0.1, 0.15) is 17.9 Å². The zero-order valence-electron chi connectivity index (χ0n) is 14.9. The molecule has 2 heterocycles. The van der Waals surface area contributed by atoms with Crippen molar-refractivity contribution >= 4 is 11.6 Å². The first-order chi connectivity index (χ1) is 12.2. The summed E-state index contributed by atoms with van der Waals surface area (Å²) in [7, 11) is 2.14. The van der Waals surface area contributed by atoms with Crippen LogP contribution in [0.5, 0.6) is 5.75 Å². The number of rotatable bonds is 6. The van der Waals surface area contributed by atoms with Crippen LogP contribution in [0, 0.1) is 0 Å². The van der Waals surface area contributed by atoms with E-state index in [1.807, 2.05) is 43.5 Å². The molecule has 1 atom stereocenters. The predicted molar refractivity (Wildman–Crippen MR) is 97.8 cm³/mol. The van der Waals surface area contributed by atoms with Crippen molar-refractivity contribution in [2.75, 3.05) is 25.5 Å². The molecule has 1 saturated heterocycles. The van der Waals surface area contributed by atoms with Gasteiger partial charge in [0.2, 0.25) is 5.91 Å². The molecule has 1 aliphatic heterocycles. The van der Waals surface area contributed by atoms with Gasteiger partial charge in [-0.2, -0.15) is 5.10 Å². The summed E-state index contributed by atoms with van der Waals surface area (Å²) in [6.45, 7) is 4.12. The maximum absolute atomic E-state index is 12.5. The van der Waals surface area contributed by atoms with Crippen molar-refractivity contribution in [1.82, 2.24) is 14.7 Å². The van der Waals surface area contributed by atoms with Gasteiger partial charge in [0, 0.05) is 31.2 Å². The maximum Gasteiger partial charge on any atom is 0.249 e. The zero-order chi connectivity index (χ0) is 17.6. The number of piperidine rings is 1. The van der Waals surface area contributed by atoms with E-state index in [-0.39, 0.29) is 18.1 Å². The first-order valence-electron chi connectivity index (χ1n) is 8.91. The number of carbonyl (C=O) groups is 1. The van der Waals surface area contributed by atoms with Gasteiger partial charge in [-0.3, -0.25) is 9.48 Å². The summed E-state index contributed by atoms with van der Waals surface area (Å²) in [5.74, 6) is 0.793. The topological polar surface area (TPSA) is 59.4 Å². The summed E-state index contributed by atoms with van der Waals surface area (Å²) >= 11 is 0. The number of carbonyl (C=O) groups excluding carboxylic acids is 1. The van der Waals surface area contributed by atoms with Gasteiger partial charge in [-0.1, -0.05) is 6.92 Å². The minimum atomic E-state index is -0.301. The van der Waals surface area contributed by atoms with Crippen LogP contribution in [-0.2, 0) is 4.79 Å². The van der Waals surface area contributed by atoms with Crippen molar-refractivity contribution in [3.63, 3.8) is 0 Å². The summed E-state index contributed by atoms with van der Waals surface area (Å²) in [6, 6.07) is 9.14. The smallest absolute Gasteiger partial charge is 0.249 e. The van der Waals surface area contributed by atoms with E-state index in [1.165, 1.54) is 0 Å². The lowest BCUT2D eigenvalue weighted by atomic mass is 10.1.